The molecule has 0 N–H and O–H groups in total. The molecule has 1 aromatic rings. The Morgan fingerprint density at radius 3 is 2.26 bits per heavy atom. The second-order valence-electron chi connectivity index (χ2n) is 5.57. The molecule has 0 aromatic heterocycles. The Balaban J connectivity index is 2.51. The Hall–Kier alpha value is -2.23. The number of carbonyl (C=O) groups is 2. The third kappa shape index (κ3) is 5.15. The van der Waals surface area contributed by atoms with Crippen LogP contribution in [0, 0.1) is 10.1 Å². The molecule has 0 radical (unpaired) electrons. The highest BCUT2D eigenvalue weighted by Gasteiger charge is 2.38. The number of esters is 2. The van der Waals surface area contributed by atoms with Crippen LogP contribution in [0.2, 0.25) is 5.02 Å². The third-order valence-electron chi connectivity index (χ3n) is 3.83. The van der Waals surface area contributed by atoms with Gasteiger partial charge in [0.25, 0.3) is 5.69 Å². The predicted molar refractivity (Wildman–Crippen MR) is 93.5 cm³/mol. The van der Waals surface area contributed by atoms with Crippen molar-refractivity contribution in [2.45, 2.75) is 32.5 Å². The third-order valence-corrected chi connectivity index (χ3v) is 4.18. The highest BCUT2D eigenvalue weighted by atomic mass is 35.5. The molecule has 0 aliphatic carbocycles. The molecular weight excluding hydrogens is 382 g/mol. The first-order valence-electron chi connectivity index (χ1n) is 8.42. The summed E-state index contributed by atoms with van der Waals surface area (Å²) in [7, 11) is 0. The summed E-state index contributed by atoms with van der Waals surface area (Å²) in [6.45, 7) is 4.00. The molecule has 0 bridgehead atoms. The van der Waals surface area contributed by atoms with Crippen LogP contribution in [0.1, 0.15) is 30.9 Å². The summed E-state index contributed by atoms with van der Waals surface area (Å²) in [5.74, 6) is -3.45. The second kappa shape index (κ2) is 9.63. The van der Waals surface area contributed by atoms with Gasteiger partial charge in [0.05, 0.1) is 41.9 Å². The zero-order chi connectivity index (χ0) is 20.0. The van der Waals surface area contributed by atoms with Gasteiger partial charge in [-0.3, -0.25) is 19.7 Å². The fourth-order valence-electron chi connectivity index (χ4n) is 2.68. The topological polar surface area (TPSA) is 114 Å². The van der Waals surface area contributed by atoms with Crippen molar-refractivity contribution in [3.63, 3.8) is 0 Å². The largest absolute Gasteiger partial charge is 0.465 e. The highest BCUT2D eigenvalue weighted by molar-refractivity contribution is 6.31. The number of ether oxygens (including phenoxy) is 4. The fourth-order valence-corrected chi connectivity index (χ4v) is 2.91. The zero-order valence-electron chi connectivity index (χ0n) is 14.9. The van der Waals surface area contributed by atoms with Gasteiger partial charge in [-0.25, -0.2) is 0 Å². The van der Waals surface area contributed by atoms with Crippen LogP contribution in [0.3, 0.4) is 0 Å². The molecule has 0 amide bonds. The van der Waals surface area contributed by atoms with E-state index in [-0.39, 0.29) is 30.2 Å². The maximum Gasteiger partial charge on any atom is 0.325 e. The number of halogens is 1. The van der Waals surface area contributed by atoms with Crippen molar-refractivity contribution in [3.05, 3.63) is 38.4 Å². The summed E-state index contributed by atoms with van der Waals surface area (Å²) in [6.07, 6.45) is -0.345. The second-order valence-corrected chi connectivity index (χ2v) is 5.98. The lowest BCUT2D eigenvalue weighted by Gasteiger charge is -2.17. The Labute approximate surface area is 160 Å². The van der Waals surface area contributed by atoms with Crippen LogP contribution in [0.25, 0.3) is 0 Å². The summed E-state index contributed by atoms with van der Waals surface area (Å²) in [5.41, 5.74) is -0.167. The van der Waals surface area contributed by atoms with Gasteiger partial charge in [0, 0.05) is 12.5 Å². The molecule has 27 heavy (non-hydrogen) atoms. The molecular formula is C17H20ClNO8. The summed E-state index contributed by atoms with van der Waals surface area (Å²) < 4.78 is 20.6. The Bertz CT molecular complexity index is 699. The van der Waals surface area contributed by atoms with Crippen molar-refractivity contribution in [2.75, 3.05) is 26.4 Å². The predicted octanol–water partition coefficient (Wildman–Crippen LogP) is 2.37. The summed E-state index contributed by atoms with van der Waals surface area (Å²) in [6, 6.07) is 2.44. The number of nitrogens with zero attached hydrogens (tertiary/aromatic N) is 1. The van der Waals surface area contributed by atoms with E-state index < -0.39 is 34.8 Å². The molecule has 148 valence electrons. The molecule has 1 aromatic carbocycles. The van der Waals surface area contributed by atoms with E-state index in [0.717, 1.165) is 6.07 Å². The number of benzene rings is 1. The Morgan fingerprint density at radius 1 is 1.22 bits per heavy atom. The lowest BCUT2D eigenvalue weighted by Crippen LogP contribution is -2.27. The van der Waals surface area contributed by atoms with Crippen LogP contribution >= 0.6 is 11.6 Å². The van der Waals surface area contributed by atoms with Gasteiger partial charge >= 0.3 is 11.9 Å². The standard InChI is InChI=1S/C17H20ClNO8/c1-3-24-16(20)15(17(21)25-4-2)11-7-10(8-14-26-5-6-27-14)12(18)9-13(11)19(22)23/h7,9,14-15H,3-6,8H2,1-2H3. The highest BCUT2D eigenvalue weighted by Crippen LogP contribution is 2.35. The molecule has 10 heteroatoms. The lowest BCUT2D eigenvalue weighted by molar-refractivity contribution is -0.385. The number of hydrogen-bond donors (Lipinski definition) is 0. The molecule has 1 fully saturated rings. The molecule has 0 atom stereocenters. The monoisotopic (exact) mass is 401 g/mol. The minimum absolute atomic E-state index is 0.00668. The summed E-state index contributed by atoms with van der Waals surface area (Å²) in [4.78, 5) is 35.5. The van der Waals surface area contributed by atoms with E-state index in [4.69, 9.17) is 30.5 Å². The van der Waals surface area contributed by atoms with Gasteiger partial charge in [0.2, 0.25) is 0 Å². The van der Waals surface area contributed by atoms with Crippen LogP contribution in [0.4, 0.5) is 5.69 Å². The van der Waals surface area contributed by atoms with Crippen molar-refractivity contribution in [1.82, 2.24) is 0 Å². The van der Waals surface area contributed by atoms with Crippen molar-refractivity contribution in [1.29, 1.82) is 0 Å². The maximum absolute atomic E-state index is 12.3. The van der Waals surface area contributed by atoms with E-state index in [0.29, 0.717) is 18.8 Å². The first-order valence-corrected chi connectivity index (χ1v) is 8.80. The van der Waals surface area contributed by atoms with Crippen LogP contribution < -0.4 is 0 Å². The van der Waals surface area contributed by atoms with Gasteiger partial charge < -0.3 is 18.9 Å². The van der Waals surface area contributed by atoms with Gasteiger partial charge in [0.15, 0.2) is 12.2 Å². The van der Waals surface area contributed by atoms with Crippen molar-refractivity contribution in [2.24, 2.45) is 0 Å². The molecule has 0 unspecified atom stereocenters. The van der Waals surface area contributed by atoms with Gasteiger partial charge in [-0.15, -0.1) is 0 Å². The molecule has 1 saturated heterocycles. The van der Waals surface area contributed by atoms with E-state index in [1.165, 1.54) is 6.07 Å². The first kappa shape index (κ1) is 21.1. The van der Waals surface area contributed by atoms with Gasteiger partial charge in [-0.1, -0.05) is 11.6 Å². The molecule has 1 heterocycles. The number of nitro groups is 1. The summed E-state index contributed by atoms with van der Waals surface area (Å²) >= 11 is 6.16. The maximum atomic E-state index is 12.3. The number of carbonyl (C=O) groups excluding carboxylic acids is 2. The summed E-state index contributed by atoms with van der Waals surface area (Å²) in [5, 5.41) is 11.6. The number of rotatable bonds is 8. The van der Waals surface area contributed by atoms with Crippen LogP contribution in [-0.4, -0.2) is 49.6 Å². The molecule has 1 aliphatic heterocycles. The number of hydrogen-bond acceptors (Lipinski definition) is 8. The van der Waals surface area contributed by atoms with Crippen LogP contribution in [0.15, 0.2) is 12.1 Å². The minimum Gasteiger partial charge on any atom is -0.465 e. The normalized spacial score (nSPS) is 14.4. The molecule has 2 rings (SSSR count). The van der Waals surface area contributed by atoms with Crippen molar-refractivity contribution >= 4 is 29.2 Å². The average Bonchev–Trinajstić information content (AvgIpc) is 3.11. The van der Waals surface area contributed by atoms with E-state index in [2.05, 4.69) is 0 Å². The van der Waals surface area contributed by atoms with Gasteiger partial charge in [0.1, 0.15) is 0 Å². The smallest absolute Gasteiger partial charge is 0.325 e. The zero-order valence-corrected chi connectivity index (χ0v) is 15.7. The van der Waals surface area contributed by atoms with E-state index in [1.807, 2.05) is 0 Å². The fraction of sp³-hybridized carbons (Fsp3) is 0.529. The minimum atomic E-state index is -1.59. The van der Waals surface area contributed by atoms with Gasteiger partial charge in [-0.05, 0) is 25.5 Å². The van der Waals surface area contributed by atoms with Crippen LogP contribution in [-0.2, 0) is 35.0 Å². The molecule has 1 aliphatic rings. The average molecular weight is 402 g/mol. The lowest BCUT2D eigenvalue weighted by atomic mass is 9.94. The van der Waals surface area contributed by atoms with Crippen LogP contribution in [0.5, 0.6) is 0 Å². The van der Waals surface area contributed by atoms with E-state index >= 15 is 0 Å². The SMILES string of the molecule is CCOC(=O)C(C(=O)OCC)c1cc(CC2OCCO2)c(Cl)cc1[N+](=O)[O-]. The quantitative estimate of drug-likeness (QED) is 0.282. The van der Waals surface area contributed by atoms with Crippen molar-refractivity contribution in [3.8, 4) is 0 Å². The van der Waals surface area contributed by atoms with Gasteiger partial charge in [-0.2, -0.15) is 0 Å². The Kier molecular flexibility index (Phi) is 7.52. The van der Waals surface area contributed by atoms with E-state index in [9.17, 15) is 19.7 Å². The van der Waals surface area contributed by atoms with E-state index in [1.54, 1.807) is 13.8 Å². The molecule has 9 nitrogen and oxygen atoms in total. The number of nitro benzene ring substituents is 1. The van der Waals surface area contributed by atoms with Crippen molar-refractivity contribution < 1.29 is 33.5 Å². The first-order chi connectivity index (χ1) is 12.9. The Morgan fingerprint density at radius 2 is 1.78 bits per heavy atom. The molecule has 0 spiro atoms. The molecule has 0 saturated carbocycles.